The van der Waals surface area contributed by atoms with Gasteiger partial charge in [-0.2, -0.15) is 0 Å². The Morgan fingerprint density at radius 2 is 1.67 bits per heavy atom. The smallest absolute Gasteiger partial charge is 0.0589 e. The lowest BCUT2D eigenvalue weighted by Crippen LogP contribution is -2.43. The zero-order valence-corrected chi connectivity index (χ0v) is 15.2. The van der Waals surface area contributed by atoms with Crippen molar-refractivity contribution < 1.29 is 9.47 Å². The number of nitrogens with zero attached hydrogens (tertiary/aromatic N) is 1. The lowest BCUT2D eigenvalue weighted by Gasteiger charge is -2.34. The molecule has 4 heteroatoms. The average molecular weight is 303 g/mol. The van der Waals surface area contributed by atoms with E-state index >= 15 is 0 Å². The first kappa shape index (κ1) is 20.8. The van der Waals surface area contributed by atoms with Gasteiger partial charge in [-0.25, -0.2) is 0 Å². The van der Waals surface area contributed by atoms with Crippen LogP contribution < -0.4 is 5.32 Å². The van der Waals surface area contributed by atoms with Gasteiger partial charge in [0.05, 0.1) is 6.61 Å². The van der Waals surface area contributed by atoms with Gasteiger partial charge >= 0.3 is 0 Å². The molecule has 0 aromatic heterocycles. The van der Waals surface area contributed by atoms with Crippen LogP contribution in [-0.2, 0) is 9.47 Å². The number of nitrogens with one attached hydrogen (secondary N) is 1. The van der Waals surface area contributed by atoms with E-state index < -0.39 is 0 Å². The number of ether oxygens (including phenoxy) is 2. The summed E-state index contributed by atoms with van der Waals surface area (Å²) >= 11 is 0. The van der Waals surface area contributed by atoms with Crippen molar-refractivity contribution in [3.63, 3.8) is 0 Å². The summed E-state index contributed by atoms with van der Waals surface area (Å²) in [6.07, 6.45) is 3.46. The maximum absolute atomic E-state index is 5.23. The van der Waals surface area contributed by atoms with Crippen LogP contribution in [0.25, 0.3) is 0 Å². The maximum atomic E-state index is 5.23. The zero-order valence-electron chi connectivity index (χ0n) is 15.2. The normalized spacial score (nSPS) is 13.9. The summed E-state index contributed by atoms with van der Waals surface area (Å²) in [5, 5.41) is 3.71. The molecule has 0 bridgehead atoms. The Kier molecular flexibility index (Phi) is 12.3. The topological polar surface area (TPSA) is 33.7 Å². The van der Waals surface area contributed by atoms with Gasteiger partial charge in [-0.1, -0.05) is 27.7 Å². The number of hydrogen-bond donors (Lipinski definition) is 1. The molecule has 4 nitrogen and oxygen atoms in total. The van der Waals surface area contributed by atoms with E-state index in [0.29, 0.717) is 11.5 Å². The molecule has 0 radical (unpaired) electrons. The second-order valence-corrected chi connectivity index (χ2v) is 6.84. The molecule has 21 heavy (non-hydrogen) atoms. The number of rotatable bonds is 13. The molecule has 0 saturated carbocycles. The standard InChI is InChI=1S/C17H38N2O2/c1-7-10-18-16(17(2,3)4)9-12-19(13-15-21-6)11-8-14-20-5/h16,18H,7-15H2,1-6H3. The largest absolute Gasteiger partial charge is 0.385 e. The molecule has 0 heterocycles. The van der Waals surface area contributed by atoms with Crippen molar-refractivity contribution in [3.8, 4) is 0 Å². The van der Waals surface area contributed by atoms with Crippen molar-refractivity contribution in [1.82, 2.24) is 10.2 Å². The van der Waals surface area contributed by atoms with Crippen molar-refractivity contribution in [2.45, 2.75) is 53.0 Å². The monoisotopic (exact) mass is 302 g/mol. The molecule has 1 N–H and O–H groups in total. The molecule has 1 unspecified atom stereocenters. The second-order valence-electron chi connectivity index (χ2n) is 6.84. The van der Waals surface area contributed by atoms with Crippen LogP contribution in [0.3, 0.4) is 0 Å². The first-order chi connectivity index (χ1) is 9.95. The SMILES string of the molecule is CCCNC(CCN(CCCOC)CCOC)C(C)(C)C. The highest BCUT2D eigenvalue weighted by Crippen LogP contribution is 2.22. The Balaban J connectivity index is 4.29. The molecule has 0 aliphatic heterocycles. The minimum absolute atomic E-state index is 0.300. The molecule has 0 amide bonds. The Hall–Kier alpha value is -0.160. The van der Waals surface area contributed by atoms with E-state index in [1.165, 1.54) is 12.8 Å². The van der Waals surface area contributed by atoms with Crippen LogP contribution in [0.4, 0.5) is 0 Å². The fourth-order valence-corrected chi connectivity index (χ4v) is 2.46. The van der Waals surface area contributed by atoms with E-state index in [2.05, 4.69) is 37.9 Å². The molecule has 1 atom stereocenters. The molecular weight excluding hydrogens is 264 g/mol. The molecule has 0 aliphatic rings. The van der Waals surface area contributed by atoms with Gasteiger partial charge in [-0.05, 0) is 37.8 Å². The van der Waals surface area contributed by atoms with Crippen molar-refractivity contribution in [1.29, 1.82) is 0 Å². The van der Waals surface area contributed by atoms with Crippen LogP contribution in [0.2, 0.25) is 0 Å². The molecule has 0 rings (SSSR count). The lowest BCUT2D eigenvalue weighted by molar-refractivity contribution is 0.124. The fraction of sp³-hybridized carbons (Fsp3) is 1.00. The Labute approximate surface area is 132 Å². The third kappa shape index (κ3) is 11.1. The molecule has 0 spiro atoms. The van der Waals surface area contributed by atoms with Crippen molar-refractivity contribution >= 4 is 0 Å². The van der Waals surface area contributed by atoms with Crippen molar-refractivity contribution in [2.24, 2.45) is 5.41 Å². The fourth-order valence-electron chi connectivity index (χ4n) is 2.46. The minimum Gasteiger partial charge on any atom is -0.385 e. The van der Waals surface area contributed by atoms with Gasteiger partial charge in [0.2, 0.25) is 0 Å². The van der Waals surface area contributed by atoms with Gasteiger partial charge < -0.3 is 19.7 Å². The predicted octanol–water partition coefficient (Wildman–Crippen LogP) is 2.78. The van der Waals surface area contributed by atoms with Crippen LogP contribution in [0.15, 0.2) is 0 Å². The molecule has 0 aromatic rings. The second kappa shape index (κ2) is 12.4. The van der Waals surface area contributed by atoms with Crippen LogP contribution in [-0.4, -0.2) is 64.6 Å². The zero-order chi connectivity index (χ0) is 16.1. The molecule has 0 fully saturated rings. The van der Waals surface area contributed by atoms with Gasteiger partial charge in [0, 0.05) is 40.0 Å². The molecule has 0 aromatic carbocycles. The van der Waals surface area contributed by atoms with Crippen LogP contribution in [0.1, 0.15) is 47.0 Å². The van der Waals surface area contributed by atoms with Crippen LogP contribution >= 0.6 is 0 Å². The molecular formula is C17H38N2O2. The molecule has 128 valence electrons. The van der Waals surface area contributed by atoms with Gasteiger partial charge in [0.1, 0.15) is 0 Å². The number of methoxy groups -OCH3 is 2. The lowest BCUT2D eigenvalue weighted by atomic mass is 9.84. The predicted molar refractivity (Wildman–Crippen MR) is 91.0 cm³/mol. The highest BCUT2D eigenvalue weighted by molar-refractivity contribution is 4.81. The third-order valence-corrected chi connectivity index (χ3v) is 3.85. The summed E-state index contributed by atoms with van der Waals surface area (Å²) in [5.41, 5.74) is 0.300. The minimum atomic E-state index is 0.300. The third-order valence-electron chi connectivity index (χ3n) is 3.85. The maximum Gasteiger partial charge on any atom is 0.0589 e. The van der Waals surface area contributed by atoms with Gasteiger partial charge in [-0.15, -0.1) is 0 Å². The van der Waals surface area contributed by atoms with E-state index in [1.807, 2.05) is 0 Å². The summed E-state index contributed by atoms with van der Waals surface area (Å²) in [7, 11) is 3.54. The quantitative estimate of drug-likeness (QED) is 0.531. The number of hydrogen-bond acceptors (Lipinski definition) is 4. The summed E-state index contributed by atoms with van der Waals surface area (Å²) in [6.45, 7) is 15.1. The van der Waals surface area contributed by atoms with Gasteiger partial charge in [-0.3, -0.25) is 0 Å². The summed E-state index contributed by atoms with van der Waals surface area (Å²) < 4.78 is 10.4. The highest BCUT2D eigenvalue weighted by Gasteiger charge is 2.24. The Morgan fingerprint density at radius 1 is 1.00 bits per heavy atom. The van der Waals surface area contributed by atoms with Crippen molar-refractivity contribution in [2.75, 3.05) is 53.6 Å². The van der Waals surface area contributed by atoms with E-state index in [0.717, 1.165) is 45.8 Å². The average Bonchev–Trinajstić information content (AvgIpc) is 2.42. The Bertz CT molecular complexity index is 229. The van der Waals surface area contributed by atoms with Crippen LogP contribution in [0, 0.1) is 5.41 Å². The van der Waals surface area contributed by atoms with Crippen LogP contribution in [0.5, 0.6) is 0 Å². The summed E-state index contributed by atoms with van der Waals surface area (Å²) in [6, 6.07) is 0.560. The first-order valence-electron chi connectivity index (χ1n) is 8.39. The molecule has 0 aliphatic carbocycles. The summed E-state index contributed by atoms with van der Waals surface area (Å²) in [4.78, 5) is 2.49. The molecule has 0 saturated heterocycles. The van der Waals surface area contributed by atoms with E-state index in [-0.39, 0.29) is 0 Å². The van der Waals surface area contributed by atoms with Gasteiger partial charge in [0.15, 0.2) is 0 Å². The Morgan fingerprint density at radius 3 is 2.19 bits per heavy atom. The van der Waals surface area contributed by atoms with Gasteiger partial charge in [0.25, 0.3) is 0 Å². The van der Waals surface area contributed by atoms with Crippen molar-refractivity contribution in [3.05, 3.63) is 0 Å². The van der Waals surface area contributed by atoms with E-state index in [4.69, 9.17) is 9.47 Å². The first-order valence-corrected chi connectivity index (χ1v) is 8.39. The van der Waals surface area contributed by atoms with E-state index in [9.17, 15) is 0 Å². The van der Waals surface area contributed by atoms with E-state index in [1.54, 1.807) is 14.2 Å². The highest BCUT2D eigenvalue weighted by atomic mass is 16.5. The summed E-state index contributed by atoms with van der Waals surface area (Å²) in [5.74, 6) is 0.